The molecule has 11 aromatic rings. The fourth-order valence-corrected chi connectivity index (χ4v) is 12.2. The summed E-state index contributed by atoms with van der Waals surface area (Å²) in [6.07, 6.45) is 0. The molecule has 0 atom stereocenters. The first-order chi connectivity index (χ1) is 34.5. The van der Waals surface area contributed by atoms with Crippen molar-refractivity contribution in [2.75, 3.05) is 9.80 Å². The molecule has 0 saturated heterocycles. The van der Waals surface area contributed by atoms with Crippen molar-refractivity contribution in [3.05, 3.63) is 209 Å². The third-order valence-corrected chi connectivity index (χ3v) is 16.0. The smallest absolute Gasteiger partial charge is 0.252 e. The zero-order chi connectivity index (χ0) is 49.7. The van der Waals surface area contributed by atoms with Crippen LogP contribution in [-0.2, 0) is 10.8 Å². The van der Waals surface area contributed by atoms with Crippen LogP contribution >= 0.6 is 0 Å². The predicted molar refractivity (Wildman–Crippen MR) is 310 cm³/mol. The minimum absolute atomic E-state index is 0.0269. The van der Waals surface area contributed by atoms with Crippen LogP contribution in [-0.4, -0.2) is 15.8 Å². The zero-order valence-corrected chi connectivity index (χ0v) is 43.5. The summed E-state index contributed by atoms with van der Waals surface area (Å²) in [5, 5.41) is 5.32. The number of aromatic nitrogens is 2. The van der Waals surface area contributed by atoms with Gasteiger partial charge in [-0.05, 0) is 163 Å². The number of fused-ring (bicyclic) bond motifs is 12. The third kappa shape index (κ3) is 6.59. The van der Waals surface area contributed by atoms with E-state index in [-0.39, 0.29) is 17.5 Å². The van der Waals surface area contributed by atoms with Crippen LogP contribution in [0.4, 0.5) is 34.1 Å². The Kier molecular flexibility index (Phi) is 9.59. The molecule has 0 fully saturated rings. The lowest BCUT2D eigenvalue weighted by molar-refractivity contribution is 0.590. The molecule has 72 heavy (non-hydrogen) atoms. The normalized spacial score (nSPS) is 12.9. The molecule has 4 heterocycles. The molecule has 0 unspecified atom stereocenters. The van der Waals surface area contributed by atoms with Crippen LogP contribution in [0, 0.1) is 34.6 Å². The summed E-state index contributed by atoms with van der Waals surface area (Å²) in [6.45, 7) is 25.1. The second-order valence-electron chi connectivity index (χ2n) is 23.1. The highest BCUT2D eigenvalue weighted by molar-refractivity contribution is 7.00. The number of hydrogen-bond acceptors (Lipinski definition) is 2. The molecule has 4 nitrogen and oxygen atoms in total. The van der Waals surface area contributed by atoms with E-state index in [9.17, 15) is 0 Å². The van der Waals surface area contributed by atoms with Crippen LogP contribution in [0.3, 0.4) is 0 Å². The molecule has 0 amide bonds. The van der Waals surface area contributed by atoms with Gasteiger partial charge in [0.15, 0.2) is 0 Å². The molecule has 9 aromatic carbocycles. The Hall–Kier alpha value is -7.76. The summed E-state index contributed by atoms with van der Waals surface area (Å²) in [5.41, 5.74) is 27.4. The first-order valence-corrected chi connectivity index (χ1v) is 25.8. The molecular formula is C67H61BN4. The second kappa shape index (κ2) is 15.6. The lowest BCUT2D eigenvalue weighted by Gasteiger charge is -2.35. The second-order valence-corrected chi connectivity index (χ2v) is 23.1. The van der Waals surface area contributed by atoms with Crippen LogP contribution in [0.25, 0.3) is 55.0 Å². The fraction of sp³-hybridized carbons (Fsp3) is 0.194. The number of benzene rings is 9. The third-order valence-electron chi connectivity index (χ3n) is 16.0. The van der Waals surface area contributed by atoms with Gasteiger partial charge >= 0.3 is 0 Å². The van der Waals surface area contributed by atoms with Gasteiger partial charge in [0.2, 0.25) is 0 Å². The Bertz CT molecular complexity index is 3670. The number of anilines is 6. The van der Waals surface area contributed by atoms with Crippen molar-refractivity contribution in [1.82, 2.24) is 9.13 Å². The summed E-state index contributed by atoms with van der Waals surface area (Å²) in [7, 11) is 0. The van der Waals surface area contributed by atoms with E-state index in [1.165, 1.54) is 110 Å². The lowest BCUT2D eigenvalue weighted by Crippen LogP contribution is -2.59. The van der Waals surface area contributed by atoms with E-state index >= 15 is 0 Å². The molecule has 0 saturated carbocycles. The van der Waals surface area contributed by atoms with E-state index < -0.39 is 0 Å². The first-order valence-electron chi connectivity index (χ1n) is 25.8. The lowest BCUT2D eigenvalue weighted by atomic mass is 9.34. The molecule has 2 aromatic heterocycles. The molecule has 13 rings (SSSR count). The van der Waals surface area contributed by atoms with Gasteiger partial charge in [0.1, 0.15) is 0 Å². The highest BCUT2D eigenvalue weighted by atomic mass is 15.2. The van der Waals surface area contributed by atoms with Gasteiger partial charge in [-0.2, -0.15) is 0 Å². The average molecular weight is 933 g/mol. The van der Waals surface area contributed by atoms with Gasteiger partial charge in [0, 0.05) is 67.0 Å². The molecule has 2 aliphatic heterocycles. The van der Waals surface area contributed by atoms with E-state index in [1.54, 1.807) is 0 Å². The van der Waals surface area contributed by atoms with E-state index in [4.69, 9.17) is 0 Å². The number of hydrogen-bond donors (Lipinski definition) is 0. The van der Waals surface area contributed by atoms with E-state index in [2.05, 4.69) is 265 Å². The van der Waals surface area contributed by atoms with E-state index in [0.29, 0.717) is 0 Å². The average Bonchev–Trinajstić information content (AvgIpc) is 3.90. The highest BCUT2D eigenvalue weighted by Crippen LogP contribution is 2.48. The van der Waals surface area contributed by atoms with Gasteiger partial charge in [-0.3, -0.25) is 0 Å². The van der Waals surface area contributed by atoms with Crippen molar-refractivity contribution < 1.29 is 0 Å². The van der Waals surface area contributed by atoms with Gasteiger partial charge in [0.25, 0.3) is 6.71 Å². The van der Waals surface area contributed by atoms with Gasteiger partial charge < -0.3 is 18.9 Å². The predicted octanol–water partition coefficient (Wildman–Crippen LogP) is 16.1. The molecular weight excluding hydrogens is 872 g/mol. The number of aryl methyl sites for hydroxylation is 5. The maximum Gasteiger partial charge on any atom is 0.252 e. The summed E-state index contributed by atoms with van der Waals surface area (Å²) >= 11 is 0. The molecule has 0 N–H and O–H groups in total. The van der Waals surface area contributed by atoms with Gasteiger partial charge in [0.05, 0.1) is 22.1 Å². The topological polar surface area (TPSA) is 16.3 Å². The standard InChI is InChI=1S/C67H61BN4/c1-40-12-22-47(23-13-40)69(48-24-14-41(2)15-25-48)51-30-34-55-59(38-51)71-57-36-45(66(6,7)8)20-32-53(57)61-44(5)62-54-33-21-46(67(9,10)11)37-58(54)72-60-39-52(31-35-56(60)68(55)63(64(61)71)65(62)72)70(49-26-16-42(3)17-27-49)50-28-18-43(4)19-29-50/h12-39H,1-11H3. The van der Waals surface area contributed by atoms with Crippen LogP contribution in [0.15, 0.2) is 170 Å². The first kappa shape index (κ1) is 44.2. The van der Waals surface area contributed by atoms with Crippen LogP contribution in [0.1, 0.15) is 80.5 Å². The molecule has 5 heteroatoms. The summed E-state index contributed by atoms with van der Waals surface area (Å²) in [5.74, 6) is 0. The van der Waals surface area contributed by atoms with Crippen LogP contribution < -0.4 is 26.2 Å². The van der Waals surface area contributed by atoms with Crippen molar-refractivity contribution >= 4 is 101 Å². The van der Waals surface area contributed by atoms with E-state index in [1.807, 2.05) is 0 Å². The van der Waals surface area contributed by atoms with Crippen molar-refractivity contribution in [1.29, 1.82) is 0 Å². The van der Waals surface area contributed by atoms with Crippen LogP contribution in [0.5, 0.6) is 0 Å². The number of rotatable bonds is 6. The van der Waals surface area contributed by atoms with Crippen molar-refractivity contribution in [2.24, 2.45) is 0 Å². The van der Waals surface area contributed by atoms with Gasteiger partial charge in [-0.15, -0.1) is 0 Å². The Morgan fingerprint density at radius 1 is 0.361 bits per heavy atom. The Balaban J connectivity index is 1.18. The van der Waals surface area contributed by atoms with E-state index in [0.717, 1.165) is 34.1 Å². The Morgan fingerprint density at radius 3 is 1.00 bits per heavy atom. The largest absolute Gasteiger partial charge is 0.310 e. The maximum atomic E-state index is 2.66. The molecule has 0 radical (unpaired) electrons. The molecule has 0 bridgehead atoms. The monoisotopic (exact) mass is 932 g/mol. The SMILES string of the molecule is Cc1ccc(N(c2ccc(C)cc2)c2ccc3c(c2)-n2c4cc(C(C)(C)C)ccc4c4c(C)c5c6ccc(C(C)(C)C)cc6n6c5c(c42)B3c2ccc(N(c3ccc(C)cc3)c3ccc(C)cc3)cc2-6)cc1. The Morgan fingerprint density at radius 2 is 0.681 bits per heavy atom. The highest BCUT2D eigenvalue weighted by Gasteiger charge is 2.43. The summed E-state index contributed by atoms with van der Waals surface area (Å²) in [4.78, 5) is 4.87. The van der Waals surface area contributed by atoms with Gasteiger partial charge in [-0.1, -0.05) is 149 Å². The molecule has 0 aliphatic carbocycles. The van der Waals surface area contributed by atoms with Crippen molar-refractivity contribution in [3.8, 4) is 11.4 Å². The van der Waals surface area contributed by atoms with Crippen molar-refractivity contribution in [2.45, 2.75) is 87.0 Å². The zero-order valence-electron chi connectivity index (χ0n) is 43.5. The maximum absolute atomic E-state index is 2.66. The minimum Gasteiger partial charge on any atom is -0.310 e. The van der Waals surface area contributed by atoms with Crippen molar-refractivity contribution in [3.63, 3.8) is 0 Å². The minimum atomic E-state index is -0.0340. The summed E-state index contributed by atoms with van der Waals surface area (Å²) in [6, 6.07) is 65.2. The fourth-order valence-electron chi connectivity index (χ4n) is 12.2. The van der Waals surface area contributed by atoms with Crippen LogP contribution in [0.2, 0.25) is 0 Å². The van der Waals surface area contributed by atoms with Gasteiger partial charge in [-0.25, -0.2) is 0 Å². The Labute approximate surface area is 424 Å². The molecule has 0 spiro atoms. The summed E-state index contributed by atoms with van der Waals surface area (Å²) < 4.78 is 5.33. The molecule has 2 aliphatic rings. The number of nitrogens with zero attached hydrogens (tertiary/aromatic N) is 4. The quantitative estimate of drug-likeness (QED) is 0.155. The molecule has 352 valence electrons.